The molecule has 0 heterocycles. The molecule has 14 heavy (non-hydrogen) atoms. The van der Waals surface area contributed by atoms with Crippen LogP contribution in [0.4, 0.5) is 0 Å². The van der Waals surface area contributed by atoms with Gasteiger partial charge in [0.05, 0.1) is 6.10 Å². The van der Waals surface area contributed by atoms with Crippen LogP contribution >= 0.6 is 11.6 Å². The number of halogens is 1. The fourth-order valence-corrected chi connectivity index (χ4v) is 1.32. The van der Waals surface area contributed by atoms with E-state index in [0.29, 0.717) is 6.54 Å². The first-order chi connectivity index (χ1) is 6.52. The van der Waals surface area contributed by atoms with Crippen molar-refractivity contribution in [2.24, 2.45) is 0 Å². The lowest BCUT2D eigenvalue weighted by Crippen LogP contribution is -2.43. The van der Waals surface area contributed by atoms with Gasteiger partial charge >= 0.3 is 0 Å². The Kier molecular flexibility index (Phi) is 7.55. The molecule has 0 aliphatic heterocycles. The van der Waals surface area contributed by atoms with Crippen LogP contribution in [-0.4, -0.2) is 40.9 Å². The summed E-state index contributed by atoms with van der Waals surface area (Å²) in [7, 11) is 0. The average molecular weight is 224 g/mol. The Hall–Kier alpha value is 0.170. The van der Waals surface area contributed by atoms with Gasteiger partial charge in [0.1, 0.15) is 0 Å². The number of rotatable bonds is 8. The third kappa shape index (κ3) is 7.56. The van der Waals surface area contributed by atoms with Gasteiger partial charge < -0.3 is 15.5 Å². The van der Waals surface area contributed by atoms with E-state index in [1.807, 2.05) is 0 Å². The van der Waals surface area contributed by atoms with Crippen LogP contribution in [0.2, 0.25) is 0 Å². The minimum Gasteiger partial charge on any atom is -0.396 e. The predicted octanol–water partition coefficient (Wildman–Crippen LogP) is 1.12. The summed E-state index contributed by atoms with van der Waals surface area (Å²) in [5, 5.41) is 21.2. The monoisotopic (exact) mass is 223 g/mol. The summed E-state index contributed by atoms with van der Waals surface area (Å²) >= 11 is 5.48. The zero-order valence-electron chi connectivity index (χ0n) is 9.09. The molecule has 4 heteroatoms. The van der Waals surface area contributed by atoms with E-state index < -0.39 is 6.10 Å². The highest BCUT2D eigenvalue weighted by molar-refractivity contribution is 6.18. The maximum absolute atomic E-state index is 9.26. The maximum atomic E-state index is 9.26. The number of alkyl halides is 1. The Labute approximate surface area is 91.5 Å². The van der Waals surface area contributed by atoms with Gasteiger partial charge in [-0.2, -0.15) is 0 Å². The van der Waals surface area contributed by atoms with Crippen LogP contribution in [0.5, 0.6) is 0 Å². The Morgan fingerprint density at radius 2 is 2.00 bits per heavy atom. The van der Waals surface area contributed by atoms with Crippen LogP contribution < -0.4 is 5.32 Å². The topological polar surface area (TPSA) is 52.5 Å². The highest BCUT2D eigenvalue weighted by atomic mass is 35.5. The van der Waals surface area contributed by atoms with E-state index in [9.17, 15) is 5.11 Å². The molecule has 0 aromatic carbocycles. The van der Waals surface area contributed by atoms with Gasteiger partial charge in [-0.05, 0) is 33.1 Å². The zero-order valence-corrected chi connectivity index (χ0v) is 9.85. The van der Waals surface area contributed by atoms with Gasteiger partial charge in [0.25, 0.3) is 0 Å². The number of aliphatic hydroxyl groups excluding tert-OH is 2. The van der Waals surface area contributed by atoms with E-state index in [2.05, 4.69) is 19.2 Å². The van der Waals surface area contributed by atoms with E-state index in [1.165, 1.54) is 0 Å². The van der Waals surface area contributed by atoms with Crippen molar-refractivity contribution in [1.82, 2.24) is 5.32 Å². The van der Waals surface area contributed by atoms with Crippen LogP contribution in [0, 0.1) is 0 Å². The Morgan fingerprint density at radius 3 is 2.50 bits per heavy atom. The van der Waals surface area contributed by atoms with E-state index in [1.54, 1.807) is 0 Å². The van der Waals surface area contributed by atoms with Crippen molar-refractivity contribution in [3.63, 3.8) is 0 Å². The van der Waals surface area contributed by atoms with Crippen molar-refractivity contribution in [1.29, 1.82) is 0 Å². The second kappa shape index (κ2) is 7.46. The molecule has 0 fully saturated rings. The number of nitrogens with one attached hydrogen (secondary N) is 1. The van der Waals surface area contributed by atoms with Crippen molar-refractivity contribution in [3.8, 4) is 0 Å². The molecule has 1 atom stereocenters. The van der Waals surface area contributed by atoms with Gasteiger partial charge in [-0.15, -0.1) is 11.6 Å². The Balaban J connectivity index is 3.60. The summed E-state index contributed by atoms with van der Waals surface area (Å²) < 4.78 is 0. The standard InChI is InChI=1S/C10H22ClNO2/c1-10(2,5-3-4-6-13)12-8-9(14)7-11/h9,12-14H,3-8H2,1-2H3. The molecule has 3 N–H and O–H groups in total. The summed E-state index contributed by atoms with van der Waals surface area (Å²) in [5.41, 5.74) is 0.00219. The largest absolute Gasteiger partial charge is 0.396 e. The number of unbranched alkanes of at least 4 members (excludes halogenated alkanes) is 1. The average Bonchev–Trinajstić information content (AvgIpc) is 2.14. The van der Waals surface area contributed by atoms with Gasteiger partial charge in [-0.3, -0.25) is 0 Å². The predicted molar refractivity (Wildman–Crippen MR) is 59.7 cm³/mol. The third-order valence-corrected chi connectivity index (χ3v) is 2.56. The molecule has 0 aliphatic carbocycles. The van der Waals surface area contributed by atoms with Gasteiger partial charge in [-0.25, -0.2) is 0 Å². The molecule has 0 saturated carbocycles. The lowest BCUT2D eigenvalue weighted by molar-refractivity contribution is 0.175. The summed E-state index contributed by atoms with van der Waals surface area (Å²) in [6.45, 7) is 4.95. The molecule has 0 saturated heterocycles. The fraction of sp³-hybridized carbons (Fsp3) is 1.00. The van der Waals surface area contributed by atoms with Crippen LogP contribution in [0.15, 0.2) is 0 Å². The summed E-state index contributed by atoms with van der Waals surface area (Å²) in [5.74, 6) is 0.264. The fourth-order valence-electron chi connectivity index (χ4n) is 1.22. The molecular formula is C10H22ClNO2. The summed E-state index contributed by atoms with van der Waals surface area (Å²) in [6, 6.07) is 0. The molecule has 3 nitrogen and oxygen atoms in total. The van der Waals surface area contributed by atoms with E-state index in [4.69, 9.17) is 16.7 Å². The lowest BCUT2D eigenvalue weighted by atomic mass is 9.97. The van der Waals surface area contributed by atoms with Crippen molar-refractivity contribution < 1.29 is 10.2 Å². The van der Waals surface area contributed by atoms with Gasteiger partial charge in [0.15, 0.2) is 0 Å². The highest BCUT2D eigenvalue weighted by Crippen LogP contribution is 2.12. The minimum absolute atomic E-state index is 0.00219. The molecule has 0 bridgehead atoms. The molecule has 0 aromatic heterocycles. The summed E-state index contributed by atoms with van der Waals surface area (Å²) in [4.78, 5) is 0. The second-order valence-corrected chi connectivity index (χ2v) is 4.56. The van der Waals surface area contributed by atoms with E-state index in [-0.39, 0.29) is 18.0 Å². The quantitative estimate of drug-likeness (QED) is 0.427. The van der Waals surface area contributed by atoms with Crippen molar-refractivity contribution in [2.75, 3.05) is 19.0 Å². The van der Waals surface area contributed by atoms with Crippen LogP contribution in [-0.2, 0) is 0 Å². The van der Waals surface area contributed by atoms with Gasteiger partial charge in [0, 0.05) is 24.6 Å². The van der Waals surface area contributed by atoms with Gasteiger partial charge in [0.2, 0.25) is 0 Å². The number of β-amino-alcohol motifs (C(OH)–C–C–N with tert-alkyl or cyclic N) is 1. The molecule has 0 radical (unpaired) electrons. The minimum atomic E-state index is -0.478. The van der Waals surface area contributed by atoms with Crippen LogP contribution in [0.1, 0.15) is 33.1 Å². The Bertz CT molecular complexity index is 142. The molecule has 0 spiro atoms. The first kappa shape index (κ1) is 14.2. The zero-order chi connectivity index (χ0) is 11.0. The number of hydrogen-bond acceptors (Lipinski definition) is 3. The molecule has 1 unspecified atom stereocenters. The van der Waals surface area contributed by atoms with Crippen molar-refractivity contribution in [2.45, 2.75) is 44.8 Å². The lowest BCUT2D eigenvalue weighted by Gasteiger charge is -2.27. The smallest absolute Gasteiger partial charge is 0.0799 e. The Morgan fingerprint density at radius 1 is 1.36 bits per heavy atom. The van der Waals surface area contributed by atoms with Crippen LogP contribution in [0.25, 0.3) is 0 Å². The SMILES string of the molecule is CC(C)(CCCCO)NCC(O)CCl. The first-order valence-electron chi connectivity index (χ1n) is 5.12. The highest BCUT2D eigenvalue weighted by Gasteiger charge is 2.17. The number of aliphatic hydroxyl groups is 2. The molecule has 0 aromatic rings. The molecule has 86 valence electrons. The van der Waals surface area contributed by atoms with E-state index >= 15 is 0 Å². The summed E-state index contributed by atoms with van der Waals surface area (Å²) in [6.07, 6.45) is 2.34. The molecule has 0 aliphatic rings. The molecule has 0 rings (SSSR count). The molecule has 0 amide bonds. The third-order valence-electron chi connectivity index (χ3n) is 2.20. The normalized spacial score (nSPS) is 14.4. The maximum Gasteiger partial charge on any atom is 0.0799 e. The van der Waals surface area contributed by atoms with Crippen LogP contribution in [0.3, 0.4) is 0 Å². The first-order valence-corrected chi connectivity index (χ1v) is 5.65. The van der Waals surface area contributed by atoms with Crippen molar-refractivity contribution in [3.05, 3.63) is 0 Å². The van der Waals surface area contributed by atoms with E-state index in [0.717, 1.165) is 19.3 Å². The van der Waals surface area contributed by atoms with Gasteiger partial charge in [-0.1, -0.05) is 0 Å². The number of hydrogen-bond donors (Lipinski definition) is 3. The molecular weight excluding hydrogens is 202 g/mol. The van der Waals surface area contributed by atoms with Crippen molar-refractivity contribution >= 4 is 11.6 Å². The second-order valence-electron chi connectivity index (χ2n) is 4.25.